The van der Waals surface area contributed by atoms with Crippen molar-refractivity contribution >= 4 is 29.3 Å². The standard InChI is InChI=1S/C17H19F2N3O4/c1-26-14(23)5-4-13-16(24)22(17(25)20-13)10-8-11(18)15(12(19)9-10)21-6-2-3-7-21/h8-9,13H,2-7H2,1H3,(H,20,25)/t13-/m1/s1. The van der Waals surface area contributed by atoms with E-state index in [4.69, 9.17) is 0 Å². The smallest absolute Gasteiger partial charge is 0.329 e. The van der Waals surface area contributed by atoms with E-state index in [0.717, 1.165) is 25.0 Å². The maximum atomic E-state index is 14.5. The zero-order valence-corrected chi connectivity index (χ0v) is 14.3. The van der Waals surface area contributed by atoms with E-state index in [1.165, 1.54) is 7.11 Å². The third-order valence-electron chi connectivity index (χ3n) is 4.57. The van der Waals surface area contributed by atoms with Gasteiger partial charge in [0.25, 0.3) is 5.91 Å². The van der Waals surface area contributed by atoms with Crippen LogP contribution in [-0.2, 0) is 14.3 Å². The number of esters is 1. The number of carbonyl (C=O) groups is 3. The minimum absolute atomic E-state index is 0.0462. The van der Waals surface area contributed by atoms with Gasteiger partial charge in [0, 0.05) is 31.6 Å². The number of amides is 3. The Labute approximate surface area is 148 Å². The summed E-state index contributed by atoms with van der Waals surface area (Å²) in [5.74, 6) is -2.81. The molecule has 2 fully saturated rings. The predicted octanol–water partition coefficient (Wildman–Crippen LogP) is 1.94. The Morgan fingerprint density at radius 3 is 2.42 bits per heavy atom. The average molecular weight is 367 g/mol. The van der Waals surface area contributed by atoms with Gasteiger partial charge >= 0.3 is 12.0 Å². The summed E-state index contributed by atoms with van der Waals surface area (Å²) < 4.78 is 33.4. The molecule has 1 aromatic rings. The number of nitrogens with zero attached hydrogens (tertiary/aromatic N) is 2. The normalized spacial score (nSPS) is 19.9. The van der Waals surface area contributed by atoms with Crippen molar-refractivity contribution in [1.29, 1.82) is 0 Å². The highest BCUT2D eigenvalue weighted by Gasteiger charge is 2.40. The van der Waals surface area contributed by atoms with Crippen molar-refractivity contribution in [3.05, 3.63) is 23.8 Å². The fourth-order valence-corrected chi connectivity index (χ4v) is 3.26. The summed E-state index contributed by atoms with van der Waals surface area (Å²) in [6.07, 6.45) is 1.70. The first-order valence-electron chi connectivity index (χ1n) is 8.37. The van der Waals surface area contributed by atoms with Crippen LogP contribution in [0.1, 0.15) is 25.7 Å². The van der Waals surface area contributed by atoms with Gasteiger partial charge in [-0.05, 0) is 19.3 Å². The molecular formula is C17H19F2N3O4. The number of urea groups is 1. The number of anilines is 2. The first kappa shape index (κ1) is 18.1. The first-order chi connectivity index (χ1) is 12.4. The summed E-state index contributed by atoms with van der Waals surface area (Å²) in [5.41, 5.74) is -0.313. The number of imide groups is 1. The van der Waals surface area contributed by atoms with Crippen molar-refractivity contribution in [1.82, 2.24) is 5.32 Å². The van der Waals surface area contributed by atoms with Gasteiger partial charge in [-0.25, -0.2) is 18.5 Å². The van der Waals surface area contributed by atoms with Crippen LogP contribution < -0.4 is 15.1 Å². The molecule has 0 radical (unpaired) electrons. The van der Waals surface area contributed by atoms with Gasteiger partial charge in [-0.1, -0.05) is 0 Å². The number of hydrogen-bond donors (Lipinski definition) is 1. The molecule has 3 rings (SSSR count). The lowest BCUT2D eigenvalue weighted by Crippen LogP contribution is -2.32. The second kappa shape index (κ2) is 7.27. The number of ether oxygens (including phenoxy) is 1. The monoisotopic (exact) mass is 367 g/mol. The Kier molecular flexibility index (Phi) is 5.06. The predicted molar refractivity (Wildman–Crippen MR) is 88.9 cm³/mol. The van der Waals surface area contributed by atoms with Crippen LogP contribution in [0.25, 0.3) is 0 Å². The van der Waals surface area contributed by atoms with E-state index in [2.05, 4.69) is 10.1 Å². The Morgan fingerprint density at radius 1 is 1.23 bits per heavy atom. The van der Waals surface area contributed by atoms with Gasteiger partial charge in [-0.3, -0.25) is 9.59 Å². The molecule has 0 aromatic heterocycles. The molecule has 2 aliphatic heterocycles. The van der Waals surface area contributed by atoms with Crippen LogP contribution in [0.5, 0.6) is 0 Å². The molecule has 3 amide bonds. The van der Waals surface area contributed by atoms with E-state index in [1.54, 1.807) is 4.90 Å². The third-order valence-corrected chi connectivity index (χ3v) is 4.57. The van der Waals surface area contributed by atoms with E-state index >= 15 is 0 Å². The summed E-state index contributed by atoms with van der Waals surface area (Å²) in [4.78, 5) is 38.0. The quantitative estimate of drug-likeness (QED) is 0.636. The second-order valence-corrected chi connectivity index (χ2v) is 6.24. The molecule has 0 saturated carbocycles. The molecular weight excluding hydrogens is 348 g/mol. The zero-order valence-electron chi connectivity index (χ0n) is 14.3. The van der Waals surface area contributed by atoms with E-state index in [0.29, 0.717) is 18.0 Å². The summed E-state index contributed by atoms with van der Waals surface area (Å²) >= 11 is 0. The molecule has 0 spiro atoms. The topological polar surface area (TPSA) is 79.0 Å². The van der Waals surface area contributed by atoms with Crippen molar-refractivity contribution < 1.29 is 27.9 Å². The Hall–Kier alpha value is -2.71. The van der Waals surface area contributed by atoms with Gasteiger partial charge in [-0.2, -0.15) is 0 Å². The van der Waals surface area contributed by atoms with E-state index in [1.807, 2.05) is 0 Å². The maximum absolute atomic E-state index is 14.5. The van der Waals surface area contributed by atoms with Crippen LogP contribution in [0.15, 0.2) is 12.1 Å². The van der Waals surface area contributed by atoms with Crippen molar-refractivity contribution in [3.8, 4) is 0 Å². The number of methoxy groups -OCH3 is 1. The maximum Gasteiger partial charge on any atom is 0.329 e. The number of benzene rings is 1. The molecule has 7 nitrogen and oxygen atoms in total. The Bertz CT molecular complexity index is 727. The van der Waals surface area contributed by atoms with Gasteiger partial charge in [-0.15, -0.1) is 0 Å². The van der Waals surface area contributed by atoms with Crippen LogP contribution in [0.2, 0.25) is 0 Å². The van der Waals surface area contributed by atoms with Gasteiger partial charge in [0.2, 0.25) is 0 Å². The van der Waals surface area contributed by atoms with Crippen LogP contribution in [-0.4, -0.2) is 44.1 Å². The van der Waals surface area contributed by atoms with Gasteiger partial charge in [0.15, 0.2) is 11.6 Å². The first-order valence-corrected chi connectivity index (χ1v) is 8.37. The Morgan fingerprint density at radius 2 is 1.85 bits per heavy atom. The minimum atomic E-state index is -0.939. The molecule has 0 unspecified atom stereocenters. The van der Waals surface area contributed by atoms with Crippen molar-refractivity contribution in [2.24, 2.45) is 0 Å². The van der Waals surface area contributed by atoms with Crippen LogP contribution in [0.4, 0.5) is 25.0 Å². The summed E-state index contributed by atoms with van der Waals surface area (Å²) in [7, 11) is 1.22. The van der Waals surface area contributed by atoms with Crippen LogP contribution >= 0.6 is 0 Å². The molecule has 140 valence electrons. The number of hydrogen-bond acceptors (Lipinski definition) is 5. The molecule has 2 aliphatic rings. The average Bonchev–Trinajstić information content (AvgIpc) is 3.20. The van der Waals surface area contributed by atoms with Gasteiger partial charge in [0.05, 0.1) is 12.8 Å². The van der Waals surface area contributed by atoms with Crippen LogP contribution in [0, 0.1) is 11.6 Å². The van der Waals surface area contributed by atoms with Crippen LogP contribution in [0.3, 0.4) is 0 Å². The molecule has 1 aromatic carbocycles. The minimum Gasteiger partial charge on any atom is -0.469 e. The van der Waals surface area contributed by atoms with Crippen molar-refractivity contribution in [2.45, 2.75) is 31.7 Å². The molecule has 0 aliphatic carbocycles. The second-order valence-electron chi connectivity index (χ2n) is 6.24. The molecule has 26 heavy (non-hydrogen) atoms. The molecule has 2 heterocycles. The molecule has 2 saturated heterocycles. The highest BCUT2D eigenvalue weighted by atomic mass is 19.1. The third kappa shape index (κ3) is 3.33. The molecule has 1 atom stereocenters. The van der Waals surface area contributed by atoms with E-state index < -0.39 is 35.6 Å². The highest BCUT2D eigenvalue weighted by molar-refractivity contribution is 6.21. The fraction of sp³-hybridized carbons (Fsp3) is 0.471. The van der Waals surface area contributed by atoms with Gasteiger partial charge < -0.3 is 15.0 Å². The highest BCUT2D eigenvalue weighted by Crippen LogP contribution is 2.32. The SMILES string of the molecule is COC(=O)CC[C@H]1NC(=O)N(c2cc(F)c(N3CCCC3)c(F)c2)C1=O. The fourth-order valence-electron chi connectivity index (χ4n) is 3.26. The number of nitrogens with one attached hydrogen (secondary N) is 1. The summed E-state index contributed by atoms with van der Waals surface area (Å²) in [6, 6.07) is 0.247. The van der Waals surface area contributed by atoms with E-state index in [9.17, 15) is 23.2 Å². The van der Waals surface area contributed by atoms with E-state index in [-0.39, 0.29) is 24.2 Å². The molecule has 1 N–H and O–H groups in total. The zero-order chi connectivity index (χ0) is 18.8. The van der Waals surface area contributed by atoms with Crippen molar-refractivity contribution in [2.75, 3.05) is 30.0 Å². The number of carbonyl (C=O) groups excluding carboxylic acids is 3. The summed E-state index contributed by atoms with van der Waals surface area (Å²) in [5, 5.41) is 2.41. The van der Waals surface area contributed by atoms with Crippen molar-refractivity contribution in [3.63, 3.8) is 0 Å². The lowest BCUT2D eigenvalue weighted by Gasteiger charge is -2.21. The largest absolute Gasteiger partial charge is 0.469 e. The molecule has 0 bridgehead atoms. The number of halogens is 2. The lowest BCUT2D eigenvalue weighted by molar-refractivity contribution is -0.140. The summed E-state index contributed by atoms with van der Waals surface area (Å²) in [6.45, 7) is 1.12. The molecule has 9 heteroatoms. The van der Waals surface area contributed by atoms with Gasteiger partial charge in [0.1, 0.15) is 11.7 Å². The number of rotatable bonds is 5. The lowest BCUT2D eigenvalue weighted by atomic mass is 10.1. The Balaban J connectivity index is 1.81.